The summed E-state index contributed by atoms with van der Waals surface area (Å²) in [6.45, 7) is 5.03. The van der Waals surface area contributed by atoms with Crippen molar-refractivity contribution in [3.05, 3.63) is 40.9 Å². The molecule has 1 aromatic heterocycles. The van der Waals surface area contributed by atoms with Gasteiger partial charge >= 0.3 is 6.03 Å². The zero-order valence-electron chi connectivity index (χ0n) is 13.2. The fourth-order valence-corrected chi connectivity index (χ4v) is 3.00. The Balaban J connectivity index is 1.73. The monoisotopic (exact) mass is 333 g/mol. The molecule has 122 valence electrons. The third kappa shape index (κ3) is 3.47. The number of nitrogens with one attached hydrogen (secondary N) is 2. The van der Waals surface area contributed by atoms with Crippen LogP contribution in [-0.2, 0) is 13.0 Å². The zero-order valence-corrected chi connectivity index (χ0v) is 14.0. The van der Waals surface area contributed by atoms with Crippen LogP contribution in [0.3, 0.4) is 0 Å². The van der Waals surface area contributed by atoms with E-state index in [9.17, 15) is 4.79 Å². The molecule has 2 aromatic rings. The predicted molar refractivity (Wildman–Crippen MR) is 89.5 cm³/mol. The lowest BCUT2D eigenvalue weighted by atomic mass is 10.0. The van der Waals surface area contributed by atoms with Crippen molar-refractivity contribution in [3.8, 4) is 0 Å². The van der Waals surface area contributed by atoms with Crippen LogP contribution in [0.2, 0.25) is 5.02 Å². The van der Waals surface area contributed by atoms with E-state index in [1.165, 1.54) is 0 Å². The number of aryl methyl sites for hydroxylation is 1. The van der Waals surface area contributed by atoms with Gasteiger partial charge in [0.2, 0.25) is 0 Å². The Labute approximate surface area is 140 Å². The van der Waals surface area contributed by atoms with E-state index in [1.54, 1.807) is 24.3 Å². The molecule has 0 saturated carbocycles. The van der Waals surface area contributed by atoms with Crippen molar-refractivity contribution >= 4 is 23.3 Å². The number of urea groups is 1. The van der Waals surface area contributed by atoms with E-state index in [-0.39, 0.29) is 18.0 Å². The molecule has 0 saturated heterocycles. The van der Waals surface area contributed by atoms with Gasteiger partial charge in [-0.3, -0.25) is 0 Å². The highest BCUT2D eigenvalue weighted by molar-refractivity contribution is 6.30. The summed E-state index contributed by atoms with van der Waals surface area (Å²) in [7, 11) is 0. The van der Waals surface area contributed by atoms with Gasteiger partial charge in [0, 0.05) is 23.7 Å². The molecule has 1 aromatic carbocycles. The maximum absolute atomic E-state index is 12.3. The summed E-state index contributed by atoms with van der Waals surface area (Å²) in [6.07, 6.45) is 2.03. The van der Waals surface area contributed by atoms with Gasteiger partial charge in [-0.25, -0.2) is 4.79 Å². The Hall–Kier alpha value is -2.08. The minimum absolute atomic E-state index is 0.187. The topological polar surface area (TPSA) is 71.8 Å². The number of nitrogens with zero attached hydrogens (tertiary/aromatic N) is 3. The van der Waals surface area contributed by atoms with Crippen LogP contribution in [0.1, 0.15) is 38.0 Å². The van der Waals surface area contributed by atoms with E-state index in [1.807, 2.05) is 0 Å². The molecule has 1 aliphatic heterocycles. The van der Waals surface area contributed by atoms with E-state index in [2.05, 4.69) is 39.2 Å². The molecule has 7 heteroatoms. The first-order valence-electron chi connectivity index (χ1n) is 7.79. The summed E-state index contributed by atoms with van der Waals surface area (Å²) in [5.41, 5.74) is 0.656. The number of hydrogen-bond acceptors (Lipinski definition) is 3. The van der Waals surface area contributed by atoms with E-state index in [0.29, 0.717) is 10.7 Å². The fourth-order valence-electron chi connectivity index (χ4n) is 2.81. The van der Waals surface area contributed by atoms with Gasteiger partial charge in [-0.2, -0.15) is 0 Å². The van der Waals surface area contributed by atoms with Crippen LogP contribution in [0, 0.1) is 5.92 Å². The van der Waals surface area contributed by atoms with Crippen molar-refractivity contribution in [2.24, 2.45) is 5.92 Å². The van der Waals surface area contributed by atoms with Crippen LogP contribution in [-0.4, -0.2) is 20.8 Å². The Kier molecular flexibility index (Phi) is 4.52. The minimum atomic E-state index is -0.277. The molecule has 1 atom stereocenters. The van der Waals surface area contributed by atoms with Gasteiger partial charge in [0.05, 0.1) is 6.04 Å². The number of carbonyl (C=O) groups is 1. The standard InChI is InChI=1S/C16H20ClN5O/c1-10(2)14(15-21-20-13-7-4-8-22(13)15)19-16(23)18-12-6-3-5-11(17)9-12/h3,5-6,9-10,14H,4,7-8H2,1-2H3,(H2,18,19,23)/t14-/m1/s1. The molecule has 1 aliphatic rings. The predicted octanol–water partition coefficient (Wildman–Crippen LogP) is 3.40. The Morgan fingerprint density at radius 2 is 2.17 bits per heavy atom. The summed E-state index contributed by atoms with van der Waals surface area (Å²) in [4.78, 5) is 12.3. The molecular weight excluding hydrogens is 314 g/mol. The quantitative estimate of drug-likeness (QED) is 0.900. The summed E-state index contributed by atoms with van der Waals surface area (Å²) in [5.74, 6) is 2.03. The number of fused-ring (bicyclic) bond motifs is 1. The highest BCUT2D eigenvalue weighted by Gasteiger charge is 2.27. The van der Waals surface area contributed by atoms with Crippen LogP contribution >= 0.6 is 11.6 Å². The minimum Gasteiger partial charge on any atom is -0.328 e. The number of hydrogen-bond donors (Lipinski definition) is 2. The van der Waals surface area contributed by atoms with Crippen molar-refractivity contribution in [1.29, 1.82) is 0 Å². The Morgan fingerprint density at radius 3 is 2.91 bits per heavy atom. The van der Waals surface area contributed by atoms with Gasteiger partial charge in [0.25, 0.3) is 0 Å². The third-order valence-electron chi connectivity index (χ3n) is 3.95. The normalized spacial score (nSPS) is 14.6. The van der Waals surface area contributed by atoms with Gasteiger partial charge in [0.1, 0.15) is 5.82 Å². The number of benzene rings is 1. The molecule has 3 rings (SSSR count). The molecule has 0 spiro atoms. The van der Waals surface area contributed by atoms with Crippen LogP contribution in [0.5, 0.6) is 0 Å². The van der Waals surface area contributed by atoms with Crippen LogP contribution in [0.25, 0.3) is 0 Å². The average Bonchev–Trinajstić information content (AvgIpc) is 3.07. The maximum atomic E-state index is 12.3. The first-order valence-corrected chi connectivity index (χ1v) is 8.17. The second kappa shape index (κ2) is 6.58. The van der Waals surface area contributed by atoms with Crippen molar-refractivity contribution in [1.82, 2.24) is 20.1 Å². The number of rotatable bonds is 4. The molecule has 0 aliphatic carbocycles. The lowest BCUT2D eigenvalue weighted by Gasteiger charge is -2.22. The van der Waals surface area contributed by atoms with Crippen molar-refractivity contribution < 1.29 is 4.79 Å². The highest BCUT2D eigenvalue weighted by atomic mass is 35.5. The first kappa shape index (κ1) is 15.8. The molecule has 2 heterocycles. The highest BCUT2D eigenvalue weighted by Crippen LogP contribution is 2.24. The zero-order chi connectivity index (χ0) is 16.4. The molecule has 0 fully saturated rings. The SMILES string of the molecule is CC(C)[C@@H](NC(=O)Nc1cccc(Cl)c1)c1nnc2n1CCC2. The average molecular weight is 334 g/mol. The smallest absolute Gasteiger partial charge is 0.319 e. The van der Waals surface area contributed by atoms with E-state index >= 15 is 0 Å². The van der Waals surface area contributed by atoms with E-state index in [4.69, 9.17) is 11.6 Å². The van der Waals surface area contributed by atoms with Crippen molar-refractivity contribution in [2.45, 2.75) is 39.3 Å². The summed E-state index contributed by atoms with van der Waals surface area (Å²) in [6, 6.07) is 6.60. The molecule has 2 amide bonds. The van der Waals surface area contributed by atoms with Crippen molar-refractivity contribution in [3.63, 3.8) is 0 Å². The largest absolute Gasteiger partial charge is 0.328 e. The maximum Gasteiger partial charge on any atom is 0.319 e. The number of halogens is 1. The van der Waals surface area contributed by atoms with Gasteiger partial charge in [-0.15, -0.1) is 10.2 Å². The van der Waals surface area contributed by atoms with Gasteiger partial charge in [-0.05, 0) is 30.5 Å². The molecule has 0 unspecified atom stereocenters. The molecule has 0 radical (unpaired) electrons. The molecule has 0 bridgehead atoms. The number of anilines is 1. The second-order valence-electron chi connectivity index (χ2n) is 6.06. The Bertz CT molecular complexity index is 712. The van der Waals surface area contributed by atoms with Gasteiger partial charge in [-0.1, -0.05) is 31.5 Å². The molecule has 23 heavy (non-hydrogen) atoms. The second-order valence-corrected chi connectivity index (χ2v) is 6.50. The number of aromatic nitrogens is 3. The Morgan fingerprint density at radius 1 is 1.35 bits per heavy atom. The van der Waals surface area contributed by atoms with Crippen LogP contribution in [0.4, 0.5) is 10.5 Å². The molecule has 2 N–H and O–H groups in total. The number of amides is 2. The van der Waals surface area contributed by atoms with Crippen LogP contribution < -0.4 is 10.6 Å². The van der Waals surface area contributed by atoms with Gasteiger partial charge < -0.3 is 15.2 Å². The van der Waals surface area contributed by atoms with Gasteiger partial charge in [0.15, 0.2) is 5.82 Å². The first-order chi connectivity index (χ1) is 11.0. The molecule has 6 nitrogen and oxygen atoms in total. The van der Waals surface area contributed by atoms with E-state index < -0.39 is 0 Å². The third-order valence-corrected chi connectivity index (χ3v) is 4.19. The summed E-state index contributed by atoms with van der Waals surface area (Å²) < 4.78 is 2.12. The summed E-state index contributed by atoms with van der Waals surface area (Å²) >= 11 is 5.94. The number of carbonyl (C=O) groups excluding carboxylic acids is 1. The lowest BCUT2D eigenvalue weighted by Crippen LogP contribution is -2.36. The summed E-state index contributed by atoms with van der Waals surface area (Å²) in [5, 5.41) is 14.9. The fraction of sp³-hybridized carbons (Fsp3) is 0.438. The van der Waals surface area contributed by atoms with E-state index in [0.717, 1.165) is 31.0 Å². The van der Waals surface area contributed by atoms with Crippen molar-refractivity contribution in [2.75, 3.05) is 5.32 Å². The lowest BCUT2D eigenvalue weighted by molar-refractivity contribution is 0.243. The molecular formula is C16H20ClN5O. The van der Waals surface area contributed by atoms with Crippen LogP contribution in [0.15, 0.2) is 24.3 Å².